The molecule has 6 nitrogen and oxygen atoms in total. The van der Waals surface area contributed by atoms with E-state index in [0.717, 1.165) is 37.6 Å². The second-order valence-electron chi connectivity index (χ2n) is 7.66. The fraction of sp³-hybridized carbons (Fsp3) is 0.280. The molecule has 160 valence electrons. The molecule has 4 rings (SSSR count). The number of para-hydroxylation sites is 2. The first kappa shape index (κ1) is 20.9. The zero-order chi connectivity index (χ0) is 21.5. The van der Waals surface area contributed by atoms with Crippen molar-refractivity contribution in [2.75, 3.05) is 43.0 Å². The lowest BCUT2D eigenvalue weighted by Crippen LogP contribution is -3.16. The maximum atomic E-state index is 13.5. The first-order valence-electron chi connectivity index (χ1n) is 10.9. The minimum Gasteiger partial charge on any atom is -0.492 e. The Kier molecular flexibility index (Phi) is 6.79. The van der Waals surface area contributed by atoms with Crippen LogP contribution in [0.2, 0.25) is 0 Å². The maximum absolute atomic E-state index is 13.5. The van der Waals surface area contributed by atoms with Crippen molar-refractivity contribution in [3.05, 3.63) is 84.6 Å². The molecule has 1 fully saturated rings. The number of pyridine rings is 1. The predicted octanol–water partition coefficient (Wildman–Crippen LogP) is 1.98. The van der Waals surface area contributed by atoms with Crippen LogP contribution in [-0.4, -0.2) is 38.7 Å². The van der Waals surface area contributed by atoms with Crippen LogP contribution in [0.4, 0.5) is 11.5 Å². The number of aromatic nitrogens is 1. The predicted molar refractivity (Wildman–Crippen MR) is 121 cm³/mol. The first-order chi connectivity index (χ1) is 15.3. The number of benzene rings is 2. The van der Waals surface area contributed by atoms with Crippen molar-refractivity contribution >= 4 is 17.4 Å². The van der Waals surface area contributed by atoms with Crippen molar-refractivity contribution in [2.45, 2.75) is 13.0 Å². The van der Waals surface area contributed by atoms with Crippen LogP contribution < -0.4 is 24.8 Å². The van der Waals surface area contributed by atoms with Crippen LogP contribution in [0.1, 0.15) is 18.5 Å². The summed E-state index contributed by atoms with van der Waals surface area (Å²) in [6.07, 6.45) is 1.95. The fourth-order valence-corrected chi connectivity index (χ4v) is 4.18. The highest BCUT2D eigenvalue weighted by atomic mass is 16.5. The summed E-state index contributed by atoms with van der Waals surface area (Å²) in [5.41, 5.74) is 1.75. The number of nitrogens with zero attached hydrogens (tertiary/aromatic N) is 1. The van der Waals surface area contributed by atoms with E-state index in [1.165, 1.54) is 4.90 Å². The number of aromatic amines is 1. The molecule has 0 bridgehead atoms. The van der Waals surface area contributed by atoms with Gasteiger partial charge in [0.1, 0.15) is 31.9 Å². The third-order valence-corrected chi connectivity index (χ3v) is 5.69. The van der Waals surface area contributed by atoms with Crippen LogP contribution in [0.3, 0.4) is 0 Å². The van der Waals surface area contributed by atoms with E-state index in [4.69, 9.17) is 4.74 Å². The topological polar surface area (TPSA) is 60.1 Å². The molecule has 1 aliphatic rings. The molecule has 1 aromatic heterocycles. The molecule has 31 heavy (non-hydrogen) atoms. The standard InChI is InChI=1S/C25H28N4O2/c1-2-31-22-13-7-6-12-21(22)27-25(30)24(20-10-4-3-5-11-20)29-18-16-28(17-19-29)23-14-8-9-15-26-23/h3-15,24H,2,16-19H2,1H3,(H,27,30)/p+2/t24-/m1/s1. The summed E-state index contributed by atoms with van der Waals surface area (Å²) >= 11 is 0. The third kappa shape index (κ3) is 5.03. The van der Waals surface area contributed by atoms with Gasteiger partial charge in [-0.25, -0.2) is 4.98 Å². The molecule has 1 amide bonds. The Morgan fingerprint density at radius 1 is 1.03 bits per heavy atom. The zero-order valence-electron chi connectivity index (χ0n) is 17.9. The summed E-state index contributed by atoms with van der Waals surface area (Å²) in [7, 11) is 0. The summed E-state index contributed by atoms with van der Waals surface area (Å²) in [4.78, 5) is 20.4. The Balaban J connectivity index is 1.53. The molecular formula is C25H30N4O2+2. The highest BCUT2D eigenvalue weighted by molar-refractivity contribution is 5.95. The first-order valence-corrected chi connectivity index (χ1v) is 10.9. The minimum atomic E-state index is -0.280. The van der Waals surface area contributed by atoms with Crippen LogP contribution in [-0.2, 0) is 4.79 Å². The van der Waals surface area contributed by atoms with Gasteiger partial charge in [0.25, 0.3) is 11.7 Å². The number of ether oxygens (including phenoxy) is 1. The van der Waals surface area contributed by atoms with E-state index < -0.39 is 0 Å². The van der Waals surface area contributed by atoms with E-state index in [0.29, 0.717) is 18.0 Å². The van der Waals surface area contributed by atoms with Crippen molar-refractivity contribution in [1.29, 1.82) is 0 Å². The number of amides is 1. The number of H-pyrrole nitrogens is 1. The largest absolute Gasteiger partial charge is 0.492 e. The van der Waals surface area contributed by atoms with E-state index in [-0.39, 0.29) is 11.9 Å². The van der Waals surface area contributed by atoms with Gasteiger partial charge in [-0.3, -0.25) is 9.69 Å². The molecule has 0 spiro atoms. The molecule has 2 aromatic carbocycles. The maximum Gasteiger partial charge on any atom is 0.287 e. The summed E-state index contributed by atoms with van der Waals surface area (Å²) < 4.78 is 5.70. The number of hydrogen-bond acceptors (Lipinski definition) is 3. The van der Waals surface area contributed by atoms with E-state index in [9.17, 15) is 4.79 Å². The van der Waals surface area contributed by atoms with Crippen molar-refractivity contribution in [3.8, 4) is 5.75 Å². The van der Waals surface area contributed by atoms with Crippen LogP contribution >= 0.6 is 0 Å². The summed E-state index contributed by atoms with van der Waals surface area (Å²) in [5, 5.41) is 3.13. The summed E-state index contributed by atoms with van der Waals surface area (Å²) in [5.74, 6) is 1.81. The van der Waals surface area contributed by atoms with Crippen molar-refractivity contribution in [1.82, 2.24) is 0 Å². The van der Waals surface area contributed by atoms with Gasteiger partial charge in [0, 0.05) is 11.6 Å². The van der Waals surface area contributed by atoms with Crippen LogP contribution in [0, 0.1) is 0 Å². The molecule has 1 saturated heterocycles. The quantitative estimate of drug-likeness (QED) is 0.617. The van der Waals surface area contributed by atoms with Crippen molar-refractivity contribution in [2.24, 2.45) is 0 Å². The minimum absolute atomic E-state index is 0.00641. The summed E-state index contributed by atoms with van der Waals surface area (Å²) in [6, 6.07) is 23.5. The Labute approximate surface area is 183 Å². The number of carbonyl (C=O) groups excluding carboxylic acids is 1. The second kappa shape index (κ2) is 10.1. The number of carbonyl (C=O) groups is 1. The second-order valence-corrected chi connectivity index (χ2v) is 7.66. The van der Waals surface area contributed by atoms with Crippen LogP contribution in [0.15, 0.2) is 79.0 Å². The average Bonchev–Trinajstić information content (AvgIpc) is 2.82. The van der Waals surface area contributed by atoms with Gasteiger partial charge in [0.05, 0.1) is 18.5 Å². The number of nitrogens with one attached hydrogen (secondary N) is 3. The van der Waals surface area contributed by atoms with E-state index >= 15 is 0 Å². The van der Waals surface area contributed by atoms with Crippen LogP contribution in [0.5, 0.6) is 5.75 Å². The Morgan fingerprint density at radius 3 is 2.45 bits per heavy atom. The summed E-state index contributed by atoms with van der Waals surface area (Å²) in [6.45, 7) is 6.04. The smallest absolute Gasteiger partial charge is 0.287 e. The van der Waals surface area contributed by atoms with Gasteiger partial charge in [-0.1, -0.05) is 48.5 Å². The highest BCUT2D eigenvalue weighted by Gasteiger charge is 2.36. The number of piperazine rings is 1. The molecule has 2 heterocycles. The lowest BCUT2D eigenvalue weighted by Gasteiger charge is -2.33. The number of rotatable bonds is 7. The SMILES string of the molecule is CCOc1ccccc1NC(=O)[C@@H](c1ccccc1)[NH+]1CCN(c2cccc[nH+]2)CC1. The van der Waals surface area contributed by atoms with Gasteiger partial charge in [-0.05, 0) is 25.1 Å². The van der Waals surface area contributed by atoms with E-state index in [1.807, 2.05) is 79.9 Å². The Hall–Kier alpha value is -3.38. The normalized spacial score (nSPS) is 15.3. The fourth-order valence-electron chi connectivity index (χ4n) is 4.18. The molecule has 0 unspecified atom stereocenters. The Bertz CT molecular complexity index is 973. The number of quaternary nitrogens is 1. The average molecular weight is 419 g/mol. The van der Waals surface area contributed by atoms with Gasteiger partial charge < -0.3 is 15.0 Å². The lowest BCUT2D eigenvalue weighted by molar-refractivity contribution is -0.922. The number of anilines is 2. The molecule has 0 saturated carbocycles. The van der Waals surface area contributed by atoms with Gasteiger partial charge >= 0.3 is 0 Å². The third-order valence-electron chi connectivity index (χ3n) is 5.69. The molecule has 6 heteroatoms. The van der Waals surface area contributed by atoms with E-state index in [1.54, 1.807) is 0 Å². The van der Waals surface area contributed by atoms with Gasteiger partial charge in [-0.15, -0.1) is 0 Å². The molecular weight excluding hydrogens is 388 g/mol. The van der Waals surface area contributed by atoms with Crippen molar-refractivity contribution in [3.63, 3.8) is 0 Å². The van der Waals surface area contributed by atoms with Crippen molar-refractivity contribution < 1.29 is 19.4 Å². The molecule has 1 atom stereocenters. The Morgan fingerprint density at radius 2 is 1.74 bits per heavy atom. The van der Waals surface area contributed by atoms with Crippen LogP contribution in [0.25, 0.3) is 0 Å². The van der Waals surface area contributed by atoms with Gasteiger partial charge in [-0.2, -0.15) is 0 Å². The zero-order valence-corrected chi connectivity index (χ0v) is 17.9. The monoisotopic (exact) mass is 418 g/mol. The van der Waals surface area contributed by atoms with Gasteiger partial charge in [0.15, 0.2) is 6.04 Å². The van der Waals surface area contributed by atoms with Gasteiger partial charge in [0.2, 0.25) is 0 Å². The molecule has 3 aromatic rings. The molecule has 1 aliphatic heterocycles. The highest BCUT2D eigenvalue weighted by Crippen LogP contribution is 2.25. The lowest BCUT2D eigenvalue weighted by atomic mass is 10.0. The number of hydrogen-bond donors (Lipinski definition) is 2. The molecule has 0 radical (unpaired) electrons. The van der Waals surface area contributed by atoms with E-state index in [2.05, 4.69) is 21.3 Å². The molecule has 0 aliphatic carbocycles. The molecule has 3 N–H and O–H groups in total.